The summed E-state index contributed by atoms with van der Waals surface area (Å²) in [4.78, 5) is 41.5. The van der Waals surface area contributed by atoms with Gasteiger partial charge >= 0.3 is 6.09 Å². The molecule has 0 unspecified atom stereocenters. The number of rotatable bonds is 5. The van der Waals surface area contributed by atoms with E-state index >= 15 is 0 Å². The molecule has 3 rings (SSSR count). The number of amides is 2. The van der Waals surface area contributed by atoms with E-state index in [4.69, 9.17) is 4.74 Å². The van der Waals surface area contributed by atoms with Crippen molar-refractivity contribution in [3.8, 4) is 0 Å². The molecule has 2 amide bonds. The molecule has 1 aliphatic rings. The van der Waals surface area contributed by atoms with Gasteiger partial charge in [0.1, 0.15) is 23.7 Å². The van der Waals surface area contributed by atoms with Gasteiger partial charge in [0.2, 0.25) is 5.91 Å². The summed E-state index contributed by atoms with van der Waals surface area (Å²) in [6.45, 7) is 8.65. The zero-order valence-corrected chi connectivity index (χ0v) is 20.6. The second-order valence-corrected chi connectivity index (χ2v) is 11.1. The van der Waals surface area contributed by atoms with Crippen LogP contribution >= 0.6 is 0 Å². The van der Waals surface area contributed by atoms with E-state index in [0.29, 0.717) is 17.2 Å². The SMILES string of the molecule is Cc1nc(NC(=O)OC(C)(C)C)ccc1CNC(=O)Cn1c(C)cc2c(c1=O)NCCS2(=O)=O. The smallest absolute Gasteiger partial charge is 0.413 e. The monoisotopic (exact) mass is 491 g/mol. The van der Waals surface area contributed by atoms with E-state index in [1.165, 1.54) is 10.6 Å². The number of hydrogen-bond acceptors (Lipinski definition) is 8. The van der Waals surface area contributed by atoms with Crippen LogP contribution in [-0.2, 0) is 32.5 Å². The zero-order chi connectivity index (χ0) is 25.3. The van der Waals surface area contributed by atoms with Crippen LogP contribution in [0.25, 0.3) is 0 Å². The number of hydrogen-bond donors (Lipinski definition) is 3. The number of anilines is 2. The van der Waals surface area contributed by atoms with Gasteiger partial charge in [-0.05, 0) is 52.3 Å². The van der Waals surface area contributed by atoms with E-state index in [9.17, 15) is 22.8 Å². The predicted molar refractivity (Wildman–Crippen MR) is 127 cm³/mol. The Balaban J connectivity index is 1.66. The second kappa shape index (κ2) is 9.45. The number of aryl methyl sites for hydroxylation is 2. The fourth-order valence-corrected chi connectivity index (χ4v) is 4.82. The minimum Gasteiger partial charge on any atom is -0.444 e. The fraction of sp³-hybridized carbons (Fsp3) is 0.455. The summed E-state index contributed by atoms with van der Waals surface area (Å²) in [5, 5.41) is 8.13. The molecule has 0 aliphatic carbocycles. The van der Waals surface area contributed by atoms with E-state index in [2.05, 4.69) is 20.9 Å². The summed E-state index contributed by atoms with van der Waals surface area (Å²) in [6.07, 6.45) is -0.617. The van der Waals surface area contributed by atoms with Crippen molar-refractivity contribution in [1.29, 1.82) is 0 Å². The van der Waals surface area contributed by atoms with Crippen LogP contribution in [0.15, 0.2) is 27.9 Å². The third-order valence-corrected chi connectivity index (χ3v) is 6.81. The van der Waals surface area contributed by atoms with Crippen LogP contribution in [-0.4, -0.2) is 47.9 Å². The van der Waals surface area contributed by atoms with E-state index in [1.54, 1.807) is 46.8 Å². The lowest BCUT2D eigenvalue weighted by molar-refractivity contribution is -0.121. The second-order valence-electron chi connectivity index (χ2n) is 9.01. The first-order valence-corrected chi connectivity index (χ1v) is 12.4. The van der Waals surface area contributed by atoms with Crippen LogP contribution in [0, 0.1) is 13.8 Å². The third-order valence-electron chi connectivity index (χ3n) is 5.08. The summed E-state index contributed by atoms with van der Waals surface area (Å²) in [7, 11) is -3.52. The van der Waals surface area contributed by atoms with Crippen molar-refractivity contribution in [3.63, 3.8) is 0 Å². The van der Waals surface area contributed by atoms with Crippen LogP contribution in [0.1, 0.15) is 37.7 Å². The largest absolute Gasteiger partial charge is 0.444 e. The quantitative estimate of drug-likeness (QED) is 0.573. The first kappa shape index (κ1) is 25.2. The number of sulfone groups is 1. The Morgan fingerprint density at radius 2 is 1.94 bits per heavy atom. The molecule has 1 aliphatic heterocycles. The highest BCUT2D eigenvalue weighted by Crippen LogP contribution is 2.23. The van der Waals surface area contributed by atoms with Crippen molar-refractivity contribution in [2.45, 2.75) is 58.2 Å². The summed E-state index contributed by atoms with van der Waals surface area (Å²) in [5.74, 6) is -0.178. The minimum atomic E-state index is -3.52. The first-order chi connectivity index (χ1) is 15.8. The van der Waals surface area contributed by atoms with Gasteiger partial charge in [-0.15, -0.1) is 0 Å². The lowest BCUT2D eigenvalue weighted by Crippen LogP contribution is -2.37. The molecule has 11 nitrogen and oxygen atoms in total. The molecule has 2 aromatic heterocycles. The Hall–Kier alpha value is -3.41. The number of fused-ring (bicyclic) bond motifs is 1. The van der Waals surface area contributed by atoms with Gasteiger partial charge in [0.15, 0.2) is 9.84 Å². The number of nitrogens with zero attached hydrogens (tertiary/aromatic N) is 2. The Labute approximate surface area is 197 Å². The van der Waals surface area contributed by atoms with Crippen LogP contribution in [0.4, 0.5) is 16.3 Å². The molecule has 0 spiro atoms. The molecule has 3 heterocycles. The number of aromatic nitrogens is 2. The summed E-state index contributed by atoms with van der Waals surface area (Å²) >= 11 is 0. The summed E-state index contributed by atoms with van der Waals surface area (Å²) in [6, 6.07) is 4.74. The molecule has 0 saturated carbocycles. The number of nitrogens with one attached hydrogen (secondary N) is 3. The van der Waals surface area contributed by atoms with Gasteiger partial charge in [0, 0.05) is 24.5 Å². The summed E-state index contributed by atoms with van der Waals surface area (Å²) < 4.78 is 30.9. The maximum atomic E-state index is 12.8. The molecule has 184 valence electrons. The molecule has 2 aromatic rings. The van der Waals surface area contributed by atoms with Gasteiger partial charge in [-0.1, -0.05) is 6.07 Å². The van der Waals surface area contributed by atoms with Gasteiger partial charge in [0.25, 0.3) is 5.56 Å². The Morgan fingerprint density at radius 3 is 2.59 bits per heavy atom. The van der Waals surface area contributed by atoms with E-state index < -0.39 is 33.0 Å². The molecule has 0 radical (unpaired) electrons. The molecule has 0 fully saturated rings. The Bertz CT molecular complexity index is 1290. The highest BCUT2D eigenvalue weighted by atomic mass is 32.2. The lowest BCUT2D eigenvalue weighted by Gasteiger charge is -2.21. The normalized spacial score (nSPS) is 14.5. The highest BCUT2D eigenvalue weighted by molar-refractivity contribution is 7.91. The Kier molecular flexibility index (Phi) is 7.01. The van der Waals surface area contributed by atoms with Gasteiger partial charge < -0.3 is 19.9 Å². The molecular formula is C22H29N5O6S. The highest BCUT2D eigenvalue weighted by Gasteiger charge is 2.27. The number of carbonyl (C=O) groups is 2. The molecule has 12 heteroatoms. The first-order valence-electron chi connectivity index (χ1n) is 10.7. The van der Waals surface area contributed by atoms with Crippen molar-refractivity contribution in [3.05, 3.63) is 45.5 Å². The molecule has 34 heavy (non-hydrogen) atoms. The summed E-state index contributed by atoms with van der Waals surface area (Å²) in [5.41, 5.74) is 0.519. The Morgan fingerprint density at radius 1 is 1.24 bits per heavy atom. The predicted octanol–water partition coefficient (Wildman–Crippen LogP) is 1.72. The minimum absolute atomic E-state index is 0.00206. The molecule has 0 saturated heterocycles. The number of carbonyl (C=O) groups excluding carboxylic acids is 2. The molecule has 0 atom stereocenters. The maximum absolute atomic E-state index is 12.8. The molecule has 3 N–H and O–H groups in total. The fourth-order valence-electron chi connectivity index (χ4n) is 3.41. The topological polar surface area (TPSA) is 148 Å². The average molecular weight is 492 g/mol. The maximum Gasteiger partial charge on any atom is 0.413 e. The van der Waals surface area contributed by atoms with Crippen LogP contribution in [0.3, 0.4) is 0 Å². The van der Waals surface area contributed by atoms with Crippen LogP contribution < -0.4 is 21.5 Å². The lowest BCUT2D eigenvalue weighted by atomic mass is 10.2. The molecule has 0 aromatic carbocycles. The number of ether oxygens (including phenoxy) is 1. The van der Waals surface area contributed by atoms with Crippen molar-refractivity contribution >= 4 is 33.3 Å². The van der Waals surface area contributed by atoms with E-state index in [1.807, 2.05) is 0 Å². The third kappa shape index (κ3) is 5.93. The van der Waals surface area contributed by atoms with Gasteiger partial charge in [0.05, 0.1) is 10.6 Å². The van der Waals surface area contributed by atoms with Crippen molar-refractivity contribution in [2.24, 2.45) is 0 Å². The van der Waals surface area contributed by atoms with Crippen LogP contribution in [0.2, 0.25) is 0 Å². The van der Waals surface area contributed by atoms with Crippen molar-refractivity contribution in [2.75, 3.05) is 22.9 Å². The molecule has 0 bridgehead atoms. The van der Waals surface area contributed by atoms with Crippen molar-refractivity contribution < 1.29 is 22.7 Å². The van der Waals surface area contributed by atoms with Crippen molar-refractivity contribution in [1.82, 2.24) is 14.9 Å². The van der Waals surface area contributed by atoms with Gasteiger partial charge in [-0.2, -0.15) is 0 Å². The van der Waals surface area contributed by atoms with Gasteiger partial charge in [-0.3, -0.25) is 14.9 Å². The molecular weight excluding hydrogens is 462 g/mol. The van der Waals surface area contributed by atoms with Crippen LogP contribution in [0.5, 0.6) is 0 Å². The zero-order valence-electron chi connectivity index (χ0n) is 19.8. The van der Waals surface area contributed by atoms with E-state index in [-0.39, 0.29) is 36.0 Å². The average Bonchev–Trinajstić information content (AvgIpc) is 2.69. The number of pyridine rings is 2. The van der Waals surface area contributed by atoms with E-state index in [0.717, 1.165) is 5.56 Å². The standard InChI is InChI=1S/C22H29N5O6S/c1-13-10-16-19(23-8-9-34(16,31)32)20(29)27(13)12-18(28)24-11-15-6-7-17(25-14(15)2)26-21(30)33-22(3,4)5/h6-7,10,23H,8-9,11-12H2,1-5H3,(H,24,28)(H,25,26,30). The van der Waals surface area contributed by atoms with Gasteiger partial charge in [-0.25, -0.2) is 18.2 Å².